The molecule has 2 aromatic rings. The molecule has 2 rings (SSSR count). The van der Waals surface area contributed by atoms with Gasteiger partial charge in [-0.25, -0.2) is 9.97 Å². The molecule has 0 aliphatic carbocycles. The highest BCUT2D eigenvalue weighted by atomic mass is 79.9. The molecule has 1 aromatic carbocycles. The minimum atomic E-state index is -0.940. The zero-order valence-electron chi connectivity index (χ0n) is 10.7. The molecule has 20 heavy (non-hydrogen) atoms. The number of carbonyl (C=O) groups is 1. The van der Waals surface area contributed by atoms with Gasteiger partial charge in [0.05, 0.1) is 5.69 Å². The number of hydrogen-bond donors (Lipinski definition) is 2. The lowest BCUT2D eigenvalue weighted by atomic mass is 10.3. The monoisotopic (exact) mass is 336 g/mol. The van der Waals surface area contributed by atoms with Crippen LogP contribution in [0, 0.1) is 0 Å². The highest BCUT2D eigenvalue weighted by Gasteiger charge is 2.09. The van der Waals surface area contributed by atoms with Crippen molar-refractivity contribution in [2.24, 2.45) is 0 Å². The Hall–Kier alpha value is -2.15. The molecule has 2 N–H and O–H groups in total. The predicted molar refractivity (Wildman–Crippen MR) is 80.4 cm³/mol. The van der Waals surface area contributed by atoms with Gasteiger partial charge < -0.3 is 15.3 Å². The third-order valence-electron chi connectivity index (χ3n) is 2.63. The molecule has 7 heteroatoms. The summed E-state index contributed by atoms with van der Waals surface area (Å²) in [5.74, 6) is 0.195. The van der Waals surface area contributed by atoms with Gasteiger partial charge in [0.1, 0.15) is 24.5 Å². The Morgan fingerprint density at radius 3 is 2.85 bits per heavy atom. The van der Waals surface area contributed by atoms with E-state index in [-0.39, 0.29) is 6.54 Å². The lowest BCUT2D eigenvalue weighted by molar-refractivity contribution is -0.134. The Bertz CT molecular complexity index is 621. The Morgan fingerprint density at radius 2 is 2.15 bits per heavy atom. The number of nitrogens with one attached hydrogen (secondary N) is 1. The van der Waals surface area contributed by atoms with Crippen LogP contribution < -0.4 is 10.2 Å². The highest BCUT2D eigenvalue weighted by Crippen LogP contribution is 2.29. The van der Waals surface area contributed by atoms with E-state index in [0.29, 0.717) is 11.6 Å². The quantitative estimate of drug-likeness (QED) is 0.873. The summed E-state index contributed by atoms with van der Waals surface area (Å²) in [6, 6.07) is 9.46. The van der Waals surface area contributed by atoms with Gasteiger partial charge >= 0.3 is 5.97 Å². The smallest absolute Gasteiger partial charge is 0.322 e. The van der Waals surface area contributed by atoms with Crippen molar-refractivity contribution >= 4 is 39.2 Å². The number of carboxylic acids is 1. The van der Waals surface area contributed by atoms with Crippen LogP contribution in [0.3, 0.4) is 0 Å². The van der Waals surface area contributed by atoms with Crippen molar-refractivity contribution < 1.29 is 9.90 Å². The molecule has 0 spiro atoms. The zero-order chi connectivity index (χ0) is 14.5. The second-order valence-corrected chi connectivity index (χ2v) is 4.87. The molecule has 1 heterocycles. The largest absolute Gasteiger partial charge is 0.480 e. The maximum Gasteiger partial charge on any atom is 0.322 e. The van der Waals surface area contributed by atoms with Gasteiger partial charge in [0.15, 0.2) is 0 Å². The molecular formula is C13H13BrN4O2. The van der Waals surface area contributed by atoms with Crippen LogP contribution in [0.15, 0.2) is 41.1 Å². The molecule has 0 bridgehead atoms. The first-order chi connectivity index (χ1) is 9.58. The van der Waals surface area contributed by atoms with E-state index in [1.54, 1.807) is 6.07 Å². The predicted octanol–water partition coefficient (Wildman–Crippen LogP) is 2.50. The summed E-state index contributed by atoms with van der Waals surface area (Å²) in [5, 5.41) is 11.4. The van der Waals surface area contributed by atoms with Crippen molar-refractivity contribution in [3.05, 3.63) is 41.1 Å². The fourth-order valence-corrected chi connectivity index (χ4v) is 2.19. The lowest BCUT2D eigenvalue weighted by Crippen LogP contribution is -2.15. The van der Waals surface area contributed by atoms with Crippen LogP contribution in [0.2, 0.25) is 0 Å². The number of carboxylic acid groups (broad SMARTS) is 1. The topological polar surface area (TPSA) is 78.4 Å². The van der Waals surface area contributed by atoms with E-state index in [4.69, 9.17) is 5.11 Å². The maximum absolute atomic E-state index is 10.5. The number of benzene rings is 1. The van der Waals surface area contributed by atoms with Gasteiger partial charge in [-0.2, -0.15) is 0 Å². The lowest BCUT2D eigenvalue weighted by Gasteiger charge is -2.20. The number of halogens is 1. The van der Waals surface area contributed by atoms with Crippen LogP contribution >= 0.6 is 15.9 Å². The molecule has 0 saturated heterocycles. The standard InChI is InChI=1S/C13H13BrN4O2/c1-18(10-5-3-2-4-9(10)14)12-6-11(16-8-17-12)15-7-13(19)20/h2-6,8H,7H2,1H3,(H,19,20)(H,15,16,17). The average Bonchev–Trinajstić information content (AvgIpc) is 2.45. The Balaban J connectivity index is 2.22. The van der Waals surface area contributed by atoms with Gasteiger partial charge in [-0.05, 0) is 28.1 Å². The Morgan fingerprint density at radius 1 is 1.40 bits per heavy atom. The van der Waals surface area contributed by atoms with Crippen LogP contribution in [0.25, 0.3) is 0 Å². The molecule has 0 unspecified atom stereocenters. The number of nitrogens with zero attached hydrogens (tertiary/aromatic N) is 3. The molecule has 0 saturated carbocycles. The molecule has 0 aliphatic heterocycles. The highest BCUT2D eigenvalue weighted by molar-refractivity contribution is 9.10. The van der Waals surface area contributed by atoms with Crippen molar-refractivity contribution in [1.29, 1.82) is 0 Å². The fraction of sp³-hybridized carbons (Fsp3) is 0.154. The van der Waals surface area contributed by atoms with E-state index in [1.165, 1.54) is 6.33 Å². The van der Waals surface area contributed by atoms with Crippen molar-refractivity contribution in [2.45, 2.75) is 0 Å². The molecule has 6 nitrogen and oxygen atoms in total. The first-order valence-corrected chi connectivity index (χ1v) is 6.63. The molecular weight excluding hydrogens is 324 g/mol. The van der Waals surface area contributed by atoms with Crippen LogP contribution in [0.1, 0.15) is 0 Å². The first-order valence-electron chi connectivity index (χ1n) is 5.84. The molecule has 0 amide bonds. The SMILES string of the molecule is CN(c1cc(NCC(=O)O)ncn1)c1ccccc1Br. The first kappa shape index (κ1) is 14.3. The number of anilines is 3. The van der Waals surface area contributed by atoms with Gasteiger partial charge in [0.2, 0.25) is 0 Å². The summed E-state index contributed by atoms with van der Waals surface area (Å²) in [7, 11) is 1.88. The van der Waals surface area contributed by atoms with E-state index in [0.717, 1.165) is 10.2 Å². The van der Waals surface area contributed by atoms with E-state index in [1.807, 2.05) is 36.2 Å². The van der Waals surface area contributed by atoms with Crippen molar-refractivity contribution in [3.63, 3.8) is 0 Å². The number of aromatic nitrogens is 2. The van der Waals surface area contributed by atoms with E-state index < -0.39 is 5.97 Å². The summed E-state index contributed by atoms with van der Waals surface area (Å²) in [5.41, 5.74) is 0.954. The van der Waals surface area contributed by atoms with Crippen LogP contribution in [0.4, 0.5) is 17.3 Å². The van der Waals surface area contributed by atoms with Crippen LogP contribution in [0.5, 0.6) is 0 Å². The average molecular weight is 337 g/mol. The summed E-state index contributed by atoms with van der Waals surface area (Å²) < 4.78 is 0.946. The van der Waals surface area contributed by atoms with E-state index in [2.05, 4.69) is 31.2 Å². The van der Waals surface area contributed by atoms with Crippen molar-refractivity contribution in [1.82, 2.24) is 9.97 Å². The molecule has 0 radical (unpaired) electrons. The minimum absolute atomic E-state index is 0.185. The van der Waals surface area contributed by atoms with Crippen LogP contribution in [-0.2, 0) is 4.79 Å². The fourth-order valence-electron chi connectivity index (χ4n) is 1.64. The van der Waals surface area contributed by atoms with Gasteiger partial charge in [-0.3, -0.25) is 4.79 Å². The Kier molecular flexibility index (Phi) is 4.52. The van der Waals surface area contributed by atoms with Crippen LogP contribution in [-0.4, -0.2) is 34.6 Å². The second-order valence-electron chi connectivity index (χ2n) is 4.02. The van der Waals surface area contributed by atoms with E-state index >= 15 is 0 Å². The zero-order valence-corrected chi connectivity index (χ0v) is 12.3. The molecule has 0 aliphatic rings. The molecule has 0 atom stereocenters. The Labute approximate surface area is 124 Å². The second kappa shape index (κ2) is 6.33. The number of aliphatic carboxylic acids is 1. The van der Waals surface area contributed by atoms with Gasteiger partial charge in [0, 0.05) is 17.6 Å². The number of para-hydroxylation sites is 1. The van der Waals surface area contributed by atoms with Gasteiger partial charge in [0.25, 0.3) is 0 Å². The summed E-state index contributed by atoms with van der Waals surface area (Å²) >= 11 is 3.48. The maximum atomic E-state index is 10.5. The third-order valence-corrected chi connectivity index (χ3v) is 3.30. The van der Waals surface area contributed by atoms with Crippen molar-refractivity contribution in [3.8, 4) is 0 Å². The number of hydrogen-bond acceptors (Lipinski definition) is 5. The molecule has 1 aromatic heterocycles. The van der Waals surface area contributed by atoms with E-state index in [9.17, 15) is 4.79 Å². The minimum Gasteiger partial charge on any atom is -0.480 e. The van der Waals surface area contributed by atoms with Crippen molar-refractivity contribution in [2.75, 3.05) is 23.8 Å². The summed E-state index contributed by atoms with van der Waals surface area (Å²) in [6.07, 6.45) is 1.40. The van der Waals surface area contributed by atoms with Gasteiger partial charge in [-0.15, -0.1) is 0 Å². The third kappa shape index (κ3) is 3.45. The summed E-state index contributed by atoms with van der Waals surface area (Å²) in [4.78, 5) is 20.6. The molecule has 104 valence electrons. The van der Waals surface area contributed by atoms with Gasteiger partial charge in [-0.1, -0.05) is 12.1 Å². The normalized spacial score (nSPS) is 10.1. The number of rotatable bonds is 5. The molecule has 0 fully saturated rings. The summed E-state index contributed by atoms with van der Waals surface area (Å²) in [6.45, 7) is -0.185.